The van der Waals surface area contributed by atoms with Gasteiger partial charge in [-0.05, 0) is 48.5 Å². The van der Waals surface area contributed by atoms with Crippen LogP contribution in [0.3, 0.4) is 0 Å². The Balaban J connectivity index is 1.56. The molecule has 3 N–H and O–H groups in total. The molecule has 2 aromatic carbocycles. The number of hydrogen-bond acceptors (Lipinski definition) is 8. The molecule has 0 aliphatic heterocycles. The van der Waals surface area contributed by atoms with Gasteiger partial charge in [-0.15, -0.1) is 0 Å². The maximum Gasteiger partial charge on any atom is 0.327 e. The topological polar surface area (TPSA) is 133 Å². The Kier molecular flexibility index (Phi) is 8.53. The zero-order valence-corrected chi connectivity index (χ0v) is 21.2. The van der Waals surface area contributed by atoms with Gasteiger partial charge >= 0.3 is 6.03 Å². The summed E-state index contributed by atoms with van der Waals surface area (Å²) in [4.78, 5) is 37.4. The fourth-order valence-corrected chi connectivity index (χ4v) is 3.96. The summed E-state index contributed by atoms with van der Waals surface area (Å²) in [6, 6.07) is 20.2. The second-order valence-electron chi connectivity index (χ2n) is 7.33. The van der Waals surface area contributed by atoms with Gasteiger partial charge in [0.25, 0.3) is 0 Å². The number of rotatable bonds is 7. The van der Waals surface area contributed by atoms with E-state index in [0.717, 1.165) is 11.8 Å². The Morgan fingerprint density at radius 1 is 0.946 bits per heavy atom. The number of pyridine rings is 1. The molecule has 0 radical (unpaired) electrons. The third kappa shape index (κ3) is 7.17. The van der Waals surface area contributed by atoms with Gasteiger partial charge < -0.3 is 5.32 Å². The first-order chi connectivity index (χ1) is 17.9. The van der Waals surface area contributed by atoms with Crippen LogP contribution in [0.4, 0.5) is 22.1 Å². The van der Waals surface area contributed by atoms with Crippen molar-refractivity contribution in [1.29, 1.82) is 5.26 Å². The number of hydrogen-bond donors (Lipinski definition) is 3. The fraction of sp³-hybridized carbons (Fsp3) is 0.0400. The highest BCUT2D eigenvalue weighted by atomic mass is 35.5. The Hall–Kier alpha value is -4.17. The highest BCUT2D eigenvalue weighted by Crippen LogP contribution is 2.31. The Morgan fingerprint density at radius 3 is 2.30 bits per heavy atom. The van der Waals surface area contributed by atoms with Crippen LogP contribution in [0.15, 0.2) is 78.1 Å². The van der Waals surface area contributed by atoms with Gasteiger partial charge in [0, 0.05) is 27.5 Å². The van der Waals surface area contributed by atoms with Crippen molar-refractivity contribution in [2.45, 2.75) is 5.16 Å². The molecular weight excluding hydrogens is 533 g/mol. The molecule has 0 saturated heterocycles. The van der Waals surface area contributed by atoms with Crippen LogP contribution in [-0.2, 0) is 4.79 Å². The Bertz CT molecular complexity index is 1460. The quantitative estimate of drug-likeness (QED) is 0.191. The highest BCUT2D eigenvalue weighted by Gasteiger charge is 2.18. The number of aromatic nitrogens is 3. The molecule has 3 amide bonds. The third-order valence-corrected chi connectivity index (χ3v) is 6.07. The summed E-state index contributed by atoms with van der Waals surface area (Å²) in [5.41, 5.74) is 1.87. The monoisotopic (exact) mass is 549 g/mol. The van der Waals surface area contributed by atoms with Gasteiger partial charge in [-0.25, -0.2) is 19.7 Å². The van der Waals surface area contributed by atoms with Crippen molar-refractivity contribution >= 4 is 64.2 Å². The number of halogens is 2. The number of thioether (sulfide) groups is 1. The summed E-state index contributed by atoms with van der Waals surface area (Å²) in [7, 11) is 0. The van der Waals surface area contributed by atoms with Gasteiger partial charge in [0.2, 0.25) is 5.91 Å². The molecule has 12 heteroatoms. The zero-order valence-electron chi connectivity index (χ0n) is 18.9. The van der Waals surface area contributed by atoms with Gasteiger partial charge in [0.1, 0.15) is 17.5 Å². The lowest BCUT2D eigenvalue weighted by molar-refractivity contribution is -0.117. The van der Waals surface area contributed by atoms with E-state index in [-0.39, 0.29) is 22.3 Å². The molecule has 2 heterocycles. The van der Waals surface area contributed by atoms with Gasteiger partial charge in [-0.1, -0.05) is 53.2 Å². The summed E-state index contributed by atoms with van der Waals surface area (Å²) in [6.07, 6.45) is 1.52. The Morgan fingerprint density at radius 2 is 1.65 bits per heavy atom. The number of nitrogens with zero attached hydrogens (tertiary/aromatic N) is 4. The van der Waals surface area contributed by atoms with Crippen molar-refractivity contribution in [2.24, 2.45) is 0 Å². The van der Waals surface area contributed by atoms with Gasteiger partial charge in [-0.3, -0.25) is 15.4 Å². The predicted octanol–water partition coefficient (Wildman–Crippen LogP) is 5.90. The first-order valence-corrected chi connectivity index (χ1v) is 12.4. The van der Waals surface area contributed by atoms with Gasteiger partial charge in [0.15, 0.2) is 11.0 Å². The molecule has 4 rings (SSSR count). The van der Waals surface area contributed by atoms with Crippen molar-refractivity contribution in [3.63, 3.8) is 0 Å². The van der Waals surface area contributed by atoms with Crippen molar-refractivity contribution in [2.75, 3.05) is 16.4 Å². The van der Waals surface area contributed by atoms with Crippen LogP contribution >= 0.6 is 35.0 Å². The lowest BCUT2D eigenvalue weighted by Gasteiger charge is -2.13. The van der Waals surface area contributed by atoms with Crippen molar-refractivity contribution in [3.05, 3.63) is 88.5 Å². The van der Waals surface area contributed by atoms with E-state index in [1.54, 1.807) is 66.7 Å². The largest absolute Gasteiger partial charge is 0.339 e. The van der Waals surface area contributed by atoms with E-state index in [4.69, 9.17) is 23.2 Å². The number of carbonyl (C=O) groups is 2. The van der Waals surface area contributed by atoms with E-state index in [1.807, 2.05) is 0 Å². The minimum atomic E-state index is -0.711. The number of benzene rings is 2. The van der Waals surface area contributed by atoms with Crippen LogP contribution in [0, 0.1) is 11.3 Å². The van der Waals surface area contributed by atoms with E-state index in [9.17, 15) is 14.9 Å². The normalized spacial score (nSPS) is 10.3. The number of urea groups is 1. The molecule has 0 spiro atoms. The first-order valence-electron chi connectivity index (χ1n) is 10.7. The molecule has 0 fully saturated rings. The third-order valence-electron chi connectivity index (χ3n) is 4.72. The zero-order chi connectivity index (χ0) is 26.2. The summed E-state index contributed by atoms with van der Waals surface area (Å²) < 4.78 is 0. The van der Waals surface area contributed by atoms with Gasteiger partial charge in [-0.2, -0.15) is 5.26 Å². The number of anilines is 3. The number of carbonyl (C=O) groups excluding carboxylic acids is 2. The summed E-state index contributed by atoms with van der Waals surface area (Å²) >= 11 is 13.0. The van der Waals surface area contributed by atoms with Gasteiger partial charge in [0.05, 0.1) is 11.4 Å². The molecule has 0 bridgehead atoms. The van der Waals surface area contributed by atoms with Crippen LogP contribution in [-0.4, -0.2) is 32.6 Å². The minimum absolute atomic E-state index is 0.151. The second kappa shape index (κ2) is 12.2. The van der Waals surface area contributed by atoms with E-state index in [0.29, 0.717) is 32.8 Å². The maximum atomic E-state index is 12.4. The molecule has 184 valence electrons. The van der Waals surface area contributed by atoms with Crippen LogP contribution in [0.1, 0.15) is 5.56 Å². The molecule has 9 nitrogen and oxygen atoms in total. The predicted molar refractivity (Wildman–Crippen MR) is 144 cm³/mol. The molecule has 37 heavy (non-hydrogen) atoms. The standard InChI is InChI=1S/C25H17Cl2N7O2S/c26-16-6-4-15(5-7-16)22-19(13-28)23(30-18-10-8-17(27)9-11-18)34-25(33-22)37-14-21(35)32-24(36)31-20-3-1-2-12-29-20/h1-12H,14H2,(H,30,33,34)(H2,29,31,32,35,36). The molecular formula is C25H17Cl2N7O2S. The summed E-state index contributed by atoms with van der Waals surface area (Å²) in [5, 5.41) is 19.1. The smallest absolute Gasteiger partial charge is 0.327 e. The molecule has 0 unspecified atom stereocenters. The average Bonchev–Trinajstić information content (AvgIpc) is 2.89. The lowest BCUT2D eigenvalue weighted by atomic mass is 10.1. The van der Waals surface area contributed by atoms with Crippen molar-refractivity contribution in [1.82, 2.24) is 20.3 Å². The molecule has 0 aliphatic rings. The first kappa shape index (κ1) is 25.9. The van der Waals surface area contributed by atoms with E-state index < -0.39 is 11.9 Å². The molecule has 2 aromatic heterocycles. The average molecular weight is 550 g/mol. The second-order valence-corrected chi connectivity index (χ2v) is 9.15. The van der Waals surface area contributed by atoms with Crippen LogP contribution in [0.25, 0.3) is 11.3 Å². The molecule has 0 aliphatic carbocycles. The summed E-state index contributed by atoms with van der Waals surface area (Å²) in [5.74, 6) is -0.157. The van der Waals surface area contributed by atoms with E-state index >= 15 is 0 Å². The van der Waals surface area contributed by atoms with Crippen LogP contribution in [0.5, 0.6) is 0 Å². The molecule has 0 atom stereocenters. The molecule has 0 saturated carbocycles. The number of amides is 3. The van der Waals surface area contributed by atoms with E-state index in [2.05, 4.69) is 37.0 Å². The highest BCUT2D eigenvalue weighted by molar-refractivity contribution is 7.99. The molecule has 4 aromatic rings. The minimum Gasteiger partial charge on any atom is -0.339 e. The van der Waals surface area contributed by atoms with Crippen LogP contribution < -0.4 is 16.0 Å². The van der Waals surface area contributed by atoms with Crippen LogP contribution in [0.2, 0.25) is 10.0 Å². The Labute approximate surface area is 226 Å². The fourth-order valence-electron chi connectivity index (χ4n) is 3.06. The number of imide groups is 1. The van der Waals surface area contributed by atoms with Crippen molar-refractivity contribution in [3.8, 4) is 17.3 Å². The number of nitriles is 1. The maximum absolute atomic E-state index is 12.4. The van der Waals surface area contributed by atoms with Crippen molar-refractivity contribution < 1.29 is 9.59 Å². The number of nitrogens with one attached hydrogen (secondary N) is 3. The SMILES string of the molecule is N#Cc1c(Nc2ccc(Cl)cc2)nc(SCC(=O)NC(=O)Nc2ccccn2)nc1-c1ccc(Cl)cc1. The summed E-state index contributed by atoms with van der Waals surface area (Å²) in [6.45, 7) is 0. The lowest BCUT2D eigenvalue weighted by Crippen LogP contribution is -2.35. The van der Waals surface area contributed by atoms with E-state index in [1.165, 1.54) is 6.20 Å².